The number of ether oxygens (including phenoxy) is 2. The molecule has 2 amide bonds. The number of hydrogen-bond donors (Lipinski definition) is 2. The number of nitrogens with one attached hydrogen (secondary N) is 1. The van der Waals surface area contributed by atoms with Crippen molar-refractivity contribution in [3.63, 3.8) is 0 Å². The number of anilines is 3. The minimum absolute atomic E-state index is 0.0271. The second kappa shape index (κ2) is 11.7. The molecule has 0 radical (unpaired) electrons. The molecule has 0 atom stereocenters. The summed E-state index contributed by atoms with van der Waals surface area (Å²) in [5.74, 6) is -0.543. The van der Waals surface area contributed by atoms with E-state index in [-0.39, 0.29) is 48.8 Å². The van der Waals surface area contributed by atoms with E-state index in [1.807, 2.05) is 24.3 Å². The minimum atomic E-state index is -1.49. The summed E-state index contributed by atoms with van der Waals surface area (Å²) in [6.45, 7) is 2.79. The number of aryl methyl sites for hydroxylation is 1. The maximum atomic E-state index is 13.8. The number of rotatable bonds is 7. The number of fused-ring (bicyclic) bond motifs is 1. The van der Waals surface area contributed by atoms with E-state index in [0.29, 0.717) is 18.3 Å². The van der Waals surface area contributed by atoms with Crippen molar-refractivity contribution in [3.05, 3.63) is 81.7 Å². The number of halogens is 2. The molecular formula is C29H23Cl2N5O6S. The Kier molecular flexibility index (Phi) is 7.82. The summed E-state index contributed by atoms with van der Waals surface area (Å²) in [7, 11) is 0. The molecule has 43 heavy (non-hydrogen) atoms. The first kappa shape index (κ1) is 28.7. The number of carbonyl (C=O) groups is 3. The fourth-order valence-corrected chi connectivity index (χ4v) is 6.06. The molecular weight excluding hydrogens is 617 g/mol. The van der Waals surface area contributed by atoms with Crippen molar-refractivity contribution in [2.75, 3.05) is 28.2 Å². The lowest BCUT2D eigenvalue weighted by molar-refractivity contribution is 0.0982. The quantitative estimate of drug-likeness (QED) is 0.207. The molecule has 11 nitrogen and oxygen atoms in total. The summed E-state index contributed by atoms with van der Waals surface area (Å²) in [5, 5.41) is 11.6. The van der Waals surface area contributed by atoms with Gasteiger partial charge in [0.15, 0.2) is 5.13 Å². The Balaban J connectivity index is 1.22. The average molecular weight is 641 g/mol. The molecule has 1 fully saturated rings. The van der Waals surface area contributed by atoms with E-state index in [1.165, 1.54) is 24.5 Å². The molecule has 1 saturated carbocycles. The van der Waals surface area contributed by atoms with Crippen LogP contribution in [0.15, 0.2) is 54.9 Å². The van der Waals surface area contributed by atoms with Gasteiger partial charge in [0.05, 0.1) is 32.7 Å². The first-order chi connectivity index (χ1) is 20.7. The summed E-state index contributed by atoms with van der Waals surface area (Å²) in [6, 6.07) is 12.6. The van der Waals surface area contributed by atoms with Crippen molar-refractivity contribution < 1.29 is 29.0 Å². The van der Waals surface area contributed by atoms with Crippen LogP contribution < -0.4 is 24.6 Å². The topological polar surface area (TPSA) is 134 Å². The number of pyridine rings is 1. The lowest BCUT2D eigenvalue weighted by atomic mass is 10.1. The van der Waals surface area contributed by atoms with Crippen molar-refractivity contribution in [1.82, 2.24) is 9.97 Å². The fourth-order valence-electron chi connectivity index (χ4n) is 4.81. The summed E-state index contributed by atoms with van der Waals surface area (Å²) in [5.41, 5.74) is 2.42. The summed E-state index contributed by atoms with van der Waals surface area (Å²) >= 11 is 13.8. The number of carboxylic acid groups (broad SMARTS) is 1. The van der Waals surface area contributed by atoms with Crippen LogP contribution in [0.1, 0.15) is 39.3 Å². The van der Waals surface area contributed by atoms with Gasteiger partial charge >= 0.3 is 6.16 Å². The van der Waals surface area contributed by atoms with Crippen LogP contribution >= 0.6 is 34.5 Å². The van der Waals surface area contributed by atoms with Gasteiger partial charge in [-0.3, -0.25) is 19.9 Å². The SMILES string of the molecule is Cc1nc(NC(=O)c2cc(Cl)c(Oc3ccncc3C(=O)N3CCN(C4CC4)c4ccccc43)cc2Cl)sc1OC(=O)O. The number of benzene rings is 2. The van der Waals surface area contributed by atoms with Crippen LogP contribution in [0.4, 0.5) is 21.3 Å². The number of aromatic nitrogens is 2. The van der Waals surface area contributed by atoms with Crippen molar-refractivity contribution in [3.8, 4) is 16.6 Å². The van der Waals surface area contributed by atoms with Crippen molar-refractivity contribution in [1.29, 1.82) is 0 Å². The highest BCUT2D eigenvalue weighted by Crippen LogP contribution is 2.41. The third-order valence-corrected chi connectivity index (χ3v) is 8.49. The van der Waals surface area contributed by atoms with Crippen LogP contribution in [-0.4, -0.2) is 52.2 Å². The highest BCUT2D eigenvalue weighted by atomic mass is 35.5. The smallest absolute Gasteiger partial charge is 0.455 e. The predicted molar refractivity (Wildman–Crippen MR) is 163 cm³/mol. The number of para-hydroxylation sites is 2. The molecule has 2 aromatic carbocycles. The van der Waals surface area contributed by atoms with Crippen LogP contribution in [-0.2, 0) is 0 Å². The summed E-state index contributed by atoms with van der Waals surface area (Å²) in [4.78, 5) is 50.0. The Morgan fingerprint density at radius 1 is 1.02 bits per heavy atom. The van der Waals surface area contributed by atoms with E-state index in [9.17, 15) is 14.4 Å². The molecule has 2 aliphatic rings. The van der Waals surface area contributed by atoms with Crippen LogP contribution in [0, 0.1) is 6.92 Å². The molecule has 0 saturated heterocycles. The molecule has 2 aromatic heterocycles. The van der Waals surface area contributed by atoms with Gasteiger partial charge in [0.25, 0.3) is 11.8 Å². The molecule has 2 N–H and O–H groups in total. The van der Waals surface area contributed by atoms with Crippen molar-refractivity contribution >= 4 is 69.0 Å². The first-order valence-corrected chi connectivity index (χ1v) is 14.7. The van der Waals surface area contributed by atoms with Gasteiger partial charge in [-0.05, 0) is 44.0 Å². The maximum absolute atomic E-state index is 13.8. The van der Waals surface area contributed by atoms with Gasteiger partial charge in [0.2, 0.25) is 5.06 Å². The van der Waals surface area contributed by atoms with Crippen LogP contribution in [0.5, 0.6) is 16.6 Å². The van der Waals surface area contributed by atoms with E-state index >= 15 is 0 Å². The van der Waals surface area contributed by atoms with Gasteiger partial charge < -0.3 is 24.4 Å². The Labute approximate surface area is 259 Å². The van der Waals surface area contributed by atoms with Gasteiger partial charge in [-0.15, -0.1) is 0 Å². The zero-order chi connectivity index (χ0) is 30.2. The van der Waals surface area contributed by atoms with Crippen LogP contribution in [0.3, 0.4) is 0 Å². The number of carbonyl (C=O) groups excluding carboxylic acids is 2. The molecule has 14 heteroatoms. The summed E-state index contributed by atoms with van der Waals surface area (Å²) in [6.07, 6.45) is 3.76. The zero-order valence-electron chi connectivity index (χ0n) is 22.5. The molecule has 4 aromatic rings. The van der Waals surface area contributed by atoms with Gasteiger partial charge in [-0.2, -0.15) is 0 Å². The predicted octanol–water partition coefficient (Wildman–Crippen LogP) is 6.88. The average Bonchev–Trinajstić information content (AvgIpc) is 3.77. The summed E-state index contributed by atoms with van der Waals surface area (Å²) < 4.78 is 10.7. The Morgan fingerprint density at radius 2 is 1.79 bits per heavy atom. The largest absolute Gasteiger partial charge is 0.512 e. The molecule has 0 spiro atoms. The lowest BCUT2D eigenvalue weighted by Gasteiger charge is -2.38. The monoisotopic (exact) mass is 639 g/mol. The standard InChI is InChI=1S/C29H23Cl2N5O6S/c1-15-27(42-29(39)40)43-28(33-15)34-25(37)17-12-20(31)24(13-19(17)30)41-23-8-9-32-14-18(23)26(38)36-11-10-35(16-6-7-16)21-4-2-3-5-22(21)36/h2-5,8-9,12-14,16H,6-7,10-11H2,1H3,(H,39,40)(H,33,34,37). The first-order valence-electron chi connectivity index (χ1n) is 13.2. The van der Waals surface area contributed by atoms with Crippen molar-refractivity contribution in [2.45, 2.75) is 25.8 Å². The van der Waals surface area contributed by atoms with Gasteiger partial charge in [0.1, 0.15) is 17.1 Å². The zero-order valence-corrected chi connectivity index (χ0v) is 24.9. The molecule has 6 rings (SSSR count). The molecule has 1 aliphatic heterocycles. The minimum Gasteiger partial charge on any atom is -0.455 e. The Bertz CT molecular complexity index is 1760. The van der Waals surface area contributed by atoms with Crippen LogP contribution in [0.25, 0.3) is 0 Å². The molecule has 3 heterocycles. The molecule has 0 unspecified atom stereocenters. The lowest BCUT2D eigenvalue weighted by Crippen LogP contribution is -2.45. The van der Waals surface area contributed by atoms with Gasteiger partial charge in [-0.25, -0.2) is 9.78 Å². The van der Waals surface area contributed by atoms with E-state index < -0.39 is 12.1 Å². The third kappa shape index (κ3) is 5.94. The second-order valence-corrected chi connectivity index (χ2v) is 11.6. The fraction of sp³-hybridized carbons (Fsp3) is 0.207. The normalized spacial score (nSPS) is 14.2. The number of nitrogens with zero attached hydrogens (tertiary/aromatic N) is 4. The Morgan fingerprint density at radius 3 is 2.53 bits per heavy atom. The molecule has 1 aliphatic carbocycles. The number of thiazole rings is 1. The maximum Gasteiger partial charge on any atom is 0.512 e. The van der Waals surface area contributed by atoms with Crippen molar-refractivity contribution in [2.24, 2.45) is 0 Å². The van der Waals surface area contributed by atoms with Crippen LogP contribution in [0.2, 0.25) is 10.0 Å². The van der Waals surface area contributed by atoms with Gasteiger partial charge in [-0.1, -0.05) is 46.7 Å². The van der Waals surface area contributed by atoms with E-state index in [2.05, 4.69) is 24.9 Å². The molecule has 220 valence electrons. The highest BCUT2D eigenvalue weighted by Gasteiger charge is 2.36. The van der Waals surface area contributed by atoms with Gasteiger partial charge in [0, 0.05) is 37.6 Å². The number of amides is 2. The number of hydrogen-bond acceptors (Lipinski definition) is 9. The Hall–Kier alpha value is -4.39. The van der Waals surface area contributed by atoms with E-state index in [0.717, 1.165) is 42.1 Å². The van der Waals surface area contributed by atoms with E-state index in [1.54, 1.807) is 17.9 Å². The third-order valence-electron chi connectivity index (χ3n) is 6.93. The second-order valence-electron chi connectivity index (χ2n) is 9.82. The molecule has 0 bridgehead atoms. The van der Waals surface area contributed by atoms with E-state index in [4.69, 9.17) is 33.0 Å². The highest BCUT2D eigenvalue weighted by molar-refractivity contribution is 7.17.